The Morgan fingerprint density at radius 3 is 1.82 bits per heavy atom. The number of hydrogen-bond donors (Lipinski definition) is 1. The summed E-state index contributed by atoms with van der Waals surface area (Å²) in [5, 5.41) is 3.07. The SMILES string of the molecule is CC(C)NC(=O)[C@H](Cc1ccccc1)N(Cc1cccc(Br)c1)C(=O)CC(c1ccccc1)c1ccccc1. The van der Waals surface area contributed by atoms with E-state index in [4.69, 9.17) is 0 Å². The van der Waals surface area contributed by atoms with Crippen LogP contribution >= 0.6 is 15.9 Å². The van der Waals surface area contributed by atoms with Crippen molar-refractivity contribution in [1.29, 1.82) is 0 Å². The van der Waals surface area contributed by atoms with Crippen molar-refractivity contribution in [3.05, 3.63) is 142 Å². The molecule has 0 saturated carbocycles. The fourth-order valence-electron chi connectivity index (χ4n) is 4.86. The van der Waals surface area contributed by atoms with Crippen molar-refractivity contribution in [3.8, 4) is 0 Å². The number of nitrogens with one attached hydrogen (secondary N) is 1. The van der Waals surface area contributed by atoms with Crippen LogP contribution in [0.25, 0.3) is 0 Å². The molecule has 0 aliphatic heterocycles. The number of carbonyl (C=O) groups is 2. The van der Waals surface area contributed by atoms with E-state index in [2.05, 4.69) is 45.5 Å². The average Bonchev–Trinajstić information content (AvgIpc) is 2.94. The summed E-state index contributed by atoms with van der Waals surface area (Å²) < 4.78 is 0.935. The van der Waals surface area contributed by atoms with E-state index in [0.29, 0.717) is 13.0 Å². The highest BCUT2D eigenvalue weighted by molar-refractivity contribution is 9.10. The van der Waals surface area contributed by atoms with E-state index in [1.807, 2.05) is 105 Å². The van der Waals surface area contributed by atoms with Crippen molar-refractivity contribution in [3.63, 3.8) is 0 Å². The highest BCUT2D eigenvalue weighted by Gasteiger charge is 2.32. The van der Waals surface area contributed by atoms with E-state index < -0.39 is 6.04 Å². The summed E-state index contributed by atoms with van der Waals surface area (Å²) in [6.45, 7) is 4.22. The quantitative estimate of drug-likeness (QED) is 0.204. The summed E-state index contributed by atoms with van der Waals surface area (Å²) in [5.41, 5.74) is 4.12. The monoisotopic (exact) mass is 582 g/mol. The zero-order valence-corrected chi connectivity index (χ0v) is 24.1. The van der Waals surface area contributed by atoms with Gasteiger partial charge in [0, 0.05) is 35.8 Å². The molecule has 0 unspecified atom stereocenters. The van der Waals surface area contributed by atoms with E-state index in [9.17, 15) is 9.59 Å². The molecule has 4 rings (SSSR count). The van der Waals surface area contributed by atoms with Gasteiger partial charge in [0.1, 0.15) is 6.04 Å². The summed E-state index contributed by atoms with van der Waals surface area (Å²) in [5.74, 6) is -0.337. The first-order chi connectivity index (χ1) is 18.9. The van der Waals surface area contributed by atoms with Gasteiger partial charge in [-0.2, -0.15) is 0 Å². The smallest absolute Gasteiger partial charge is 0.243 e. The molecule has 200 valence electrons. The van der Waals surface area contributed by atoms with E-state index in [-0.39, 0.29) is 30.2 Å². The third-order valence-electron chi connectivity index (χ3n) is 6.73. The minimum atomic E-state index is -0.659. The van der Waals surface area contributed by atoms with Crippen LogP contribution in [0.3, 0.4) is 0 Å². The highest BCUT2D eigenvalue weighted by atomic mass is 79.9. The molecule has 4 nitrogen and oxygen atoms in total. The molecule has 0 fully saturated rings. The molecule has 0 aliphatic rings. The van der Waals surface area contributed by atoms with Gasteiger partial charge < -0.3 is 10.2 Å². The van der Waals surface area contributed by atoms with Crippen molar-refractivity contribution in [2.75, 3.05) is 0 Å². The predicted octanol–water partition coefficient (Wildman–Crippen LogP) is 7.14. The molecule has 2 amide bonds. The van der Waals surface area contributed by atoms with Gasteiger partial charge >= 0.3 is 0 Å². The van der Waals surface area contributed by atoms with E-state index in [0.717, 1.165) is 26.7 Å². The zero-order valence-electron chi connectivity index (χ0n) is 22.5. The summed E-state index contributed by atoms with van der Waals surface area (Å²) in [7, 11) is 0. The standard InChI is InChI=1S/C34H35BrN2O2/c1-25(2)36-34(39)32(22-26-13-6-3-7-14-26)37(24-27-15-12-20-30(35)21-27)33(38)23-31(28-16-8-4-9-17-28)29-18-10-5-11-19-29/h3-21,25,31-32H,22-24H2,1-2H3,(H,36,39)/t32-/m0/s1. The van der Waals surface area contributed by atoms with Gasteiger partial charge in [0.15, 0.2) is 0 Å². The van der Waals surface area contributed by atoms with Gasteiger partial charge in [0.2, 0.25) is 11.8 Å². The molecule has 0 bridgehead atoms. The maximum absolute atomic E-state index is 14.3. The van der Waals surface area contributed by atoms with Crippen LogP contribution in [-0.4, -0.2) is 28.8 Å². The first-order valence-corrected chi connectivity index (χ1v) is 14.2. The number of hydrogen-bond acceptors (Lipinski definition) is 2. The molecule has 5 heteroatoms. The minimum Gasteiger partial charge on any atom is -0.352 e. The number of rotatable bonds is 11. The van der Waals surface area contributed by atoms with Crippen LogP contribution in [0.5, 0.6) is 0 Å². The lowest BCUT2D eigenvalue weighted by Gasteiger charge is -2.33. The summed E-state index contributed by atoms with van der Waals surface area (Å²) in [6, 6.07) is 37.4. The van der Waals surface area contributed by atoms with Crippen molar-refractivity contribution < 1.29 is 9.59 Å². The van der Waals surface area contributed by atoms with Crippen LogP contribution in [0.4, 0.5) is 0 Å². The van der Waals surface area contributed by atoms with Crippen LogP contribution in [-0.2, 0) is 22.6 Å². The molecular formula is C34H35BrN2O2. The molecule has 4 aromatic rings. The molecule has 0 aromatic heterocycles. The predicted molar refractivity (Wildman–Crippen MR) is 161 cm³/mol. The van der Waals surface area contributed by atoms with Crippen LogP contribution in [0.1, 0.15) is 48.4 Å². The second-order valence-electron chi connectivity index (χ2n) is 10.1. The van der Waals surface area contributed by atoms with Gasteiger partial charge in [-0.25, -0.2) is 0 Å². The topological polar surface area (TPSA) is 49.4 Å². The minimum absolute atomic E-state index is 0.0417. The molecule has 0 radical (unpaired) electrons. The zero-order chi connectivity index (χ0) is 27.6. The number of halogens is 1. The van der Waals surface area contributed by atoms with Crippen LogP contribution < -0.4 is 5.32 Å². The Kier molecular flexibility index (Phi) is 10.1. The third-order valence-corrected chi connectivity index (χ3v) is 7.22. The first-order valence-electron chi connectivity index (χ1n) is 13.4. The number of carbonyl (C=O) groups excluding carboxylic acids is 2. The van der Waals surface area contributed by atoms with Crippen LogP contribution in [0, 0.1) is 0 Å². The Labute approximate surface area is 240 Å². The lowest BCUT2D eigenvalue weighted by atomic mass is 9.87. The van der Waals surface area contributed by atoms with Gasteiger partial charge in [-0.05, 0) is 48.2 Å². The lowest BCUT2D eigenvalue weighted by Crippen LogP contribution is -2.52. The van der Waals surface area contributed by atoms with Gasteiger partial charge in [0.25, 0.3) is 0 Å². The van der Waals surface area contributed by atoms with Crippen molar-refractivity contribution >= 4 is 27.7 Å². The normalized spacial score (nSPS) is 11.8. The Hall–Kier alpha value is -3.70. The van der Waals surface area contributed by atoms with Crippen molar-refractivity contribution in [2.24, 2.45) is 0 Å². The molecule has 1 N–H and O–H groups in total. The number of benzene rings is 4. The van der Waals surface area contributed by atoms with E-state index in [1.54, 1.807) is 4.90 Å². The van der Waals surface area contributed by atoms with E-state index in [1.165, 1.54) is 0 Å². The average molecular weight is 584 g/mol. The largest absolute Gasteiger partial charge is 0.352 e. The number of amides is 2. The van der Waals surface area contributed by atoms with E-state index >= 15 is 0 Å². The van der Waals surface area contributed by atoms with Crippen molar-refractivity contribution in [2.45, 2.75) is 51.2 Å². The molecular weight excluding hydrogens is 548 g/mol. The van der Waals surface area contributed by atoms with Gasteiger partial charge in [0.05, 0.1) is 0 Å². The second kappa shape index (κ2) is 13.9. The fourth-order valence-corrected chi connectivity index (χ4v) is 5.30. The molecule has 4 aromatic carbocycles. The molecule has 39 heavy (non-hydrogen) atoms. The van der Waals surface area contributed by atoms with Crippen molar-refractivity contribution in [1.82, 2.24) is 10.2 Å². The Morgan fingerprint density at radius 2 is 1.28 bits per heavy atom. The Bertz CT molecular complexity index is 1300. The molecule has 0 aliphatic carbocycles. The van der Waals surface area contributed by atoms with Gasteiger partial charge in [-0.15, -0.1) is 0 Å². The third kappa shape index (κ3) is 8.14. The Morgan fingerprint density at radius 1 is 0.744 bits per heavy atom. The molecule has 0 spiro atoms. The van der Waals surface area contributed by atoms with Crippen LogP contribution in [0.15, 0.2) is 120 Å². The summed E-state index contributed by atoms with van der Waals surface area (Å²) >= 11 is 3.56. The Balaban J connectivity index is 1.73. The first kappa shape index (κ1) is 28.3. The highest BCUT2D eigenvalue weighted by Crippen LogP contribution is 2.30. The van der Waals surface area contributed by atoms with Gasteiger partial charge in [-0.3, -0.25) is 9.59 Å². The molecule has 0 saturated heterocycles. The van der Waals surface area contributed by atoms with Crippen LogP contribution in [0.2, 0.25) is 0 Å². The lowest BCUT2D eigenvalue weighted by molar-refractivity contribution is -0.141. The fraction of sp³-hybridized carbons (Fsp3) is 0.235. The number of nitrogens with zero attached hydrogens (tertiary/aromatic N) is 1. The summed E-state index contributed by atoms with van der Waals surface area (Å²) in [6.07, 6.45) is 0.683. The summed E-state index contributed by atoms with van der Waals surface area (Å²) in [4.78, 5) is 29.8. The van der Waals surface area contributed by atoms with Gasteiger partial charge in [-0.1, -0.05) is 119 Å². The molecule has 1 atom stereocenters. The maximum Gasteiger partial charge on any atom is 0.243 e. The maximum atomic E-state index is 14.3. The molecule has 0 heterocycles. The second-order valence-corrected chi connectivity index (χ2v) is 11.0.